The number of piperidine rings is 1. The second-order valence-electron chi connectivity index (χ2n) is 7.01. The van der Waals surface area contributed by atoms with Crippen molar-refractivity contribution in [3.05, 3.63) is 27.8 Å². The van der Waals surface area contributed by atoms with E-state index in [0.717, 1.165) is 32.0 Å². The average Bonchev–Trinajstić information content (AvgIpc) is 3.17. The van der Waals surface area contributed by atoms with Crippen LogP contribution in [0.2, 0.25) is 0 Å². The molecule has 0 amide bonds. The van der Waals surface area contributed by atoms with Gasteiger partial charge in [0.25, 0.3) is 0 Å². The molecule has 24 heavy (non-hydrogen) atoms. The maximum atomic E-state index is 5.08. The summed E-state index contributed by atoms with van der Waals surface area (Å²) in [5, 5.41) is 7.45. The number of thiazole rings is 1. The molecule has 3 rings (SSSR count). The molecule has 1 aliphatic heterocycles. The zero-order valence-corrected chi connectivity index (χ0v) is 15.8. The number of aryl methyl sites for hydroxylation is 1. The van der Waals surface area contributed by atoms with Gasteiger partial charge in [0.2, 0.25) is 5.89 Å². The summed E-state index contributed by atoms with van der Waals surface area (Å²) in [7, 11) is 2.21. The van der Waals surface area contributed by atoms with Crippen LogP contribution < -0.4 is 0 Å². The Morgan fingerprint density at radius 3 is 2.92 bits per heavy atom. The number of aromatic nitrogens is 3. The first kappa shape index (κ1) is 17.5. The van der Waals surface area contributed by atoms with E-state index < -0.39 is 0 Å². The molecule has 0 radical (unpaired) electrons. The van der Waals surface area contributed by atoms with Gasteiger partial charge in [-0.15, -0.1) is 11.3 Å². The summed E-state index contributed by atoms with van der Waals surface area (Å²) in [6, 6.07) is 0.552. The number of nitrogens with zero attached hydrogens (tertiary/aromatic N) is 5. The van der Waals surface area contributed by atoms with Crippen LogP contribution in [-0.4, -0.2) is 51.1 Å². The number of rotatable bonds is 6. The lowest BCUT2D eigenvalue weighted by Crippen LogP contribution is -2.45. The fraction of sp³-hybridized carbons (Fsp3) is 0.706. The molecule has 1 atom stereocenters. The van der Waals surface area contributed by atoms with Crippen LogP contribution in [0.5, 0.6) is 0 Å². The molecule has 0 bridgehead atoms. The van der Waals surface area contributed by atoms with E-state index in [9.17, 15) is 0 Å². The smallest absolute Gasteiger partial charge is 0.223 e. The van der Waals surface area contributed by atoms with Crippen LogP contribution in [0.3, 0.4) is 0 Å². The summed E-state index contributed by atoms with van der Waals surface area (Å²) in [5.74, 6) is 1.94. The molecule has 0 saturated carbocycles. The van der Waals surface area contributed by atoms with Crippen molar-refractivity contribution in [2.75, 3.05) is 20.1 Å². The normalized spacial score (nSPS) is 19.5. The molecule has 0 unspecified atom stereocenters. The largest absolute Gasteiger partial charge is 0.340 e. The van der Waals surface area contributed by atoms with Crippen LogP contribution in [0.25, 0.3) is 0 Å². The third-order valence-corrected chi connectivity index (χ3v) is 5.71. The molecule has 132 valence electrons. The van der Waals surface area contributed by atoms with Crippen LogP contribution in [0.1, 0.15) is 55.0 Å². The van der Waals surface area contributed by atoms with Crippen LogP contribution >= 0.6 is 11.3 Å². The van der Waals surface area contributed by atoms with Gasteiger partial charge in [-0.05, 0) is 26.4 Å². The van der Waals surface area contributed by atoms with Gasteiger partial charge in [-0.2, -0.15) is 4.98 Å². The van der Waals surface area contributed by atoms with Crippen molar-refractivity contribution < 1.29 is 4.52 Å². The van der Waals surface area contributed by atoms with Crippen molar-refractivity contribution in [2.24, 2.45) is 0 Å². The third-order valence-electron chi connectivity index (χ3n) is 4.51. The summed E-state index contributed by atoms with van der Waals surface area (Å²) in [5.41, 5.74) is 1.19. The summed E-state index contributed by atoms with van der Waals surface area (Å²) in [6.45, 7) is 10.1. The predicted octanol–water partition coefficient (Wildman–Crippen LogP) is 3.05. The molecule has 1 fully saturated rings. The highest BCUT2D eigenvalue weighted by Crippen LogP contribution is 2.22. The number of likely N-dealkylation sites (tertiary alicyclic amines) is 1. The molecule has 2 aromatic rings. The summed E-state index contributed by atoms with van der Waals surface area (Å²) >= 11 is 1.78. The number of hydrogen-bond donors (Lipinski definition) is 0. The SMILES string of the molecule is Cc1nc(CN2CCC[C@@H](N(C)Cc3csc(C(C)C)n3)C2)no1. The van der Waals surface area contributed by atoms with Crippen LogP contribution in [-0.2, 0) is 13.1 Å². The van der Waals surface area contributed by atoms with Crippen molar-refractivity contribution in [1.82, 2.24) is 24.9 Å². The van der Waals surface area contributed by atoms with E-state index >= 15 is 0 Å². The van der Waals surface area contributed by atoms with Gasteiger partial charge < -0.3 is 4.52 Å². The standard InChI is InChI=1S/C17H27N5OS/c1-12(2)17-19-14(11-24-17)8-21(4)15-6-5-7-22(9-15)10-16-18-13(3)23-20-16/h11-12,15H,5-10H2,1-4H3/t15-/m1/s1. The maximum Gasteiger partial charge on any atom is 0.223 e. The van der Waals surface area contributed by atoms with E-state index in [1.165, 1.54) is 23.5 Å². The van der Waals surface area contributed by atoms with Gasteiger partial charge in [0.1, 0.15) is 0 Å². The van der Waals surface area contributed by atoms with E-state index in [4.69, 9.17) is 9.51 Å². The zero-order valence-electron chi connectivity index (χ0n) is 15.0. The average molecular weight is 350 g/mol. The van der Waals surface area contributed by atoms with Gasteiger partial charge in [0, 0.05) is 37.4 Å². The molecule has 0 aliphatic carbocycles. The van der Waals surface area contributed by atoms with Crippen molar-refractivity contribution in [2.45, 2.75) is 58.7 Å². The van der Waals surface area contributed by atoms with Crippen LogP contribution in [0.15, 0.2) is 9.90 Å². The molecule has 3 heterocycles. The molecule has 2 aromatic heterocycles. The van der Waals surface area contributed by atoms with E-state index in [0.29, 0.717) is 17.9 Å². The summed E-state index contributed by atoms with van der Waals surface area (Å²) in [4.78, 5) is 13.9. The lowest BCUT2D eigenvalue weighted by Gasteiger charge is -2.36. The second kappa shape index (κ2) is 7.72. The number of likely N-dealkylation sites (N-methyl/N-ethyl adjacent to an activating group) is 1. The highest BCUT2D eigenvalue weighted by molar-refractivity contribution is 7.09. The predicted molar refractivity (Wildman–Crippen MR) is 95.0 cm³/mol. The Kier molecular flexibility index (Phi) is 5.63. The topological polar surface area (TPSA) is 58.3 Å². The molecule has 6 nitrogen and oxygen atoms in total. The Morgan fingerprint density at radius 1 is 1.42 bits per heavy atom. The van der Waals surface area contributed by atoms with Gasteiger partial charge in [0.15, 0.2) is 5.82 Å². The van der Waals surface area contributed by atoms with Gasteiger partial charge >= 0.3 is 0 Å². The maximum absolute atomic E-state index is 5.08. The fourth-order valence-electron chi connectivity index (χ4n) is 3.19. The Labute approximate surface area is 147 Å². The molecular formula is C17H27N5OS. The van der Waals surface area contributed by atoms with E-state index in [1.54, 1.807) is 11.3 Å². The monoisotopic (exact) mass is 349 g/mol. The van der Waals surface area contributed by atoms with Crippen LogP contribution in [0, 0.1) is 6.92 Å². The molecule has 1 saturated heterocycles. The van der Waals surface area contributed by atoms with Gasteiger partial charge in [-0.1, -0.05) is 19.0 Å². The second-order valence-corrected chi connectivity index (χ2v) is 7.90. The minimum atomic E-state index is 0.512. The first-order chi connectivity index (χ1) is 11.5. The first-order valence-electron chi connectivity index (χ1n) is 8.67. The van der Waals surface area contributed by atoms with E-state index in [-0.39, 0.29) is 0 Å². The molecule has 0 N–H and O–H groups in total. The minimum absolute atomic E-state index is 0.512. The van der Waals surface area contributed by atoms with Gasteiger partial charge in [-0.25, -0.2) is 4.98 Å². The third kappa shape index (κ3) is 4.40. The van der Waals surface area contributed by atoms with E-state index in [2.05, 4.69) is 46.2 Å². The molecule has 7 heteroatoms. The lowest BCUT2D eigenvalue weighted by molar-refractivity contribution is 0.104. The first-order valence-corrected chi connectivity index (χ1v) is 9.55. The fourth-order valence-corrected chi connectivity index (χ4v) is 4.01. The number of hydrogen-bond acceptors (Lipinski definition) is 7. The van der Waals surface area contributed by atoms with Crippen molar-refractivity contribution in [1.29, 1.82) is 0 Å². The molecular weight excluding hydrogens is 322 g/mol. The highest BCUT2D eigenvalue weighted by atomic mass is 32.1. The van der Waals surface area contributed by atoms with Gasteiger partial charge in [0.05, 0.1) is 17.2 Å². The lowest BCUT2D eigenvalue weighted by atomic mass is 10.0. The molecule has 0 aromatic carbocycles. The molecule has 0 spiro atoms. The zero-order chi connectivity index (χ0) is 17.1. The van der Waals surface area contributed by atoms with E-state index in [1.807, 2.05) is 6.92 Å². The van der Waals surface area contributed by atoms with Crippen molar-refractivity contribution in [3.63, 3.8) is 0 Å². The molecule has 1 aliphatic rings. The van der Waals surface area contributed by atoms with Gasteiger partial charge in [-0.3, -0.25) is 9.80 Å². The Balaban J connectivity index is 1.55. The van der Waals surface area contributed by atoms with Crippen molar-refractivity contribution in [3.8, 4) is 0 Å². The minimum Gasteiger partial charge on any atom is -0.340 e. The Bertz CT molecular complexity index is 653. The Morgan fingerprint density at radius 2 is 2.25 bits per heavy atom. The Hall–Kier alpha value is -1.31. The van der Waals surface area contributed by atoms with Crippen molar-refractivity contribution >= 4 is 11.3 Å². The highest BCUT2D eigenvalue weighted by Gasteiger charge is 2.24. The van der Waals surface area contributed by atoms with Crippen LogP contribution in [0.4, 0.5) is 0 Å². The summed E-state index contributed by atoms with van der Waals surface area (Å²) in [6.07, 6.45) is 2.44. The summed E-state index contributed by atoms with van der Waals surface area (Å²) < 4.78 is 5.08. The quantitative estimate of drug-likeness (QED) is 0.799.